The Hall–Kier alpha value is -1.32. The zero-order valence-electron chi connectivity index (χ0n) is 10.2. The van der Waals surface area contributed by atoms with Crippen LogP contribution in [0.4, 0.5) is 0 Å². The third-order valence-electron chi connectivity index (χ3n) is 3.23. The van der Waals surface area contributed by atoms with Gasteiger partial charge < -0.3 is 5.32 Å². The maximum absolute atomic E-state index is 4.35. The van der Waals surface area contributed by atoms with Crippen molar-refractivity contribution < 1.29 is 0 Å². The van der Waals surface area contributed by atoms with Crippen LogP contribution < -0.4 is 5.32 Å². The maximum Gasteiger partial charge on any atom is 0.0541 e. The summed E-state index contributed by atoms with van der Waals surface area (Å²) in [5.74, 6) is 2.28. The van der Waals surface area contributed by atoms with Gasteiger partial charge in [0, 0.05) is 30.3 Å². The van der Waals surface area contributed by atoms with Gasteiger partial charge >= 0.3 is 0 Å². The highest BCUT2D eigenvalue weighted by Gasteiger charge is 2.19. The van der Waals surface area contributed by atoms with Gasteiger partial charge in [-0.15, -0.1) is 0 Å². The van der Waals surface area contributed by atoms with Crippen LogP contribution in [0, 0.1) is 0 Å². The number of hydrogen-bond donors (Lipinski definition) is 1. The van der Waals surface area contributed by atoms with E-state index in [-0.39, 0.29) is 0 Å². The van der Waals surface area contributed by atoms with Crippen LogP contribution in [0.1, 0.15) is 22.9 Å². The molecule has 0 fully saturated rings. The van der Waals surface area contributed by atoms with Crippen molar-refractivity contribution in [3.63, 3.8) is 0 Å². The number of nitrogens with one attached hydrogen (secondary N) is 1. The van der Waals surface area contributed by atoms with Gasteiger partial charge in [-0.2, -0.15) is 11.8 Å². The largest absolute Gasteiger partial charge is 0.304 e. The number of benzene rings is 1. The van der Waals surface area contributed by atoms with Crippen molar-refractivity contribution in [1.82, 2.24) is 10.3 Å². The monoisotopic (exact) mass is 256 g/mol. The van der Waals surface area contributed by atoms with Gasteiger partial charge in [0.2, 0.25) is 0 Å². The van der Waals surface area contributed by atoms with E-state index in [9.17, 15) is 0 Å². The lowest BCUT2D eigenvalue weighted by Gasteiger charge is -2.26. The summed E-state index contributed by atoms with van der Waals surface area (Å²) in [5, 5.41) is 3.61. The second kappa shape index (κ2) is 5.55. The van der Waals surface area contributed by atoms with Crippen LogP contribution in [0.2, 0.25) is 0 Å². The number of aromatic nitrogens is 1. The van der Waals surface area contributed by atoms with E-state index in [1.807, 2.05) is 30.1 Å². The first-order valence-corrected chi connectivity index (χ1v) is 7.38. The molecule has 0 amide bonds. The summed E-state index contributed by atoms with van der Waals surface area (Å²) in [4.78, 5) is 4.35. The highest BCUT2D eigenvalue weighted by Crippen LogP contribution is 2.31. The van der Waals surface area contributed by atoms with E-state index < -0.39 is 0 Å². The van der Waals surface area contributed by atoms with Crippen LogP contribution in [0.15, 0.2) is 48.7 Å². The molecule has 0 spiro atoms. The molecule has 0 aliphatic carbocycles. The average molecular weight is 256 g/mol. The van der Waals surface area contributed by atoms with Crippen molar-refractivity contribution in [2.24, 2.45) is 0 Å². The second-order valence-electron chi connectivity index (χ2n) is 4.47. The molecule has 0 radical (unpaired) electrons. The average Bonchev–Trinajstić information content (AvgIpc) is 2.46. The summed E-state index contributed by atoms with van der Waals surface area (Å²) < 4.78 is 0. The first kappa shape index (κ1) is 11.8. The highest BCUT2D eigenvalue weighted by atomic mass is 32.2. The molecule has 0 saturated carbocycles. The Morgan fingerprint density at radius 1 is 1.17 bits per heavy atom. The van der Waals surface area contributed by atoms with Crippen LogP contribution in [-0.2, 0) is 12.3 Å². The van der Waals surface area contributed by atoms with E-state index in [0.717, 1.165) is 23.7 Å². The molecule has 1 unspecified atom stereocenters. The van der Waals surface area contributed by atoms with Crippen molar-refractivity contribution in [3.05, 3.63) is 65.5 Å². The molecule has 2 aromatic rings. The smallest absolute Gasteiger partial charge is 0.0541 e. The summed E-state index contributed by atoms with van der Waals surface area (Å²) >= 11 is 2.00. The van der Waals surface area contributed by atoms with E-state index in [1.165, 1.54) is 11.1 Å². The molecule has 2 heterocycles. The molecule has 2 nitrogen and oxygen atoms in total. The predicted octanol–water partition coefficient (Wildman–Crippen LogP) is 3.16. The van der Waals surface area contributed by atoms with E-state index >= 15 is 0 Å². The third-order valence-corrected chi connectivity index (χ3v) is 4.31. The molecule has 0 saturated heterocycles. The zero-order valence-corrected chi connectivity index (χ0v) is 11.0. The minimum Gasteiger partial charge on any atom is -0.304 e. The second-order valence-corrected chi connectivity index (χ2v) is 5.50. The Bertz CT molecular complexity index is 513. The molecule has 0 bridgehead atoms. The maximum atomic E-state index is 4.35. The van der Waals surface area contributed by atoms with Crippen molar-refractivity contribution in [3.8, 4) is 0 Å². The van der Waals surface area contributed by atoms with E-state index in [1.54, 1.807) is 0 Å². The summed E-state index contributed by atoms with van der Waals surface area (Å²) in [7, 11) is 0. The Morgan fingerprint density at radius 3 is 2.94 bits per heavy atom. The normalized spacial score (nSPS) is 18.3. The molecule has 1 atom stereocenters. The molecule has 1 aliphatic rings. The van der Waals surface area contributed by atoms with Crippen LogP contribution in [0.3, 0.4) is 0 Å². The van der Waals surface area contributed by atoms with Crippen molar-refractivity contribution >= 4 is 11.8 Å². The van der Waals surface area contributed by atoms with Gasteiger partial charge in [-0.1, -0.05) is 30.3 Å². The van der Waals surface area contributed by atoms with Crippen LogP contribution >= 0.6 is 11.8 Å². The third kappa shape index (κ3) is 2.57. The number of rotatable bonds is 3. The fourth-order valence-corrected chi connectivity index (χ4v) is 3.42. The molecular formula is C15H16N2S. The lowest BCUT2D eigenvalue weighted by molar-refractivity contribution is 0.568. The Balaban J connectivity index is 1.71. The van der Waals surface area contributed by atoms with Gasteiger partial charge in [0.15, 0.2) is 0 Å². The van der Waals surface area contributed by atoms with Crippen LogP contribution in [0.25, 0.3) is 0 Å². The number of nitrogens with zero attached hydrogens (tertiary/aromatic N) is 1. The summed E-state index contributed by atoms with van der Waals surface area (Å²) in [5.41, 5.74) is 4.02. The van der Waals surface area contributed by atoms with Crippen molar-refractivity contribution in [2.45, 2.75) is 18.3 Å². The van der Waals surface area contributed by atoms with Crippen LogP contribution in [-0.4, -0.2) is 10.7 Å². The highest BCUT2D eigenvalue weighted by molar-refractivity contribution is 7.98. The lowest BCUT2D eigenvalue weighted by atomic mass is 10.0. The Labute approximate surface area is 112 Å². The zero-order chi connectivity index (χ0) is 12.2. The Kier molecular flexibility index (Phi) is 3.62. The predicted molar refractivity (Wildman–Crippen MR) is 76.4 cm³/mol. The first-order valence-electron chi connectivity index (χ1n) is 6.22. The number of thioether (sulfide) groups is 1. The molecule has 1 aromatic heterocycles. The fraction of sp³-hybridized carbons (Fsp3) is 0.267. The SMILES string of the molecule is c1ccc(CNC2CSCc3ccccc32)nc1. The van der Waals surface area contributed by atoms with Crippen molar-refractivity contribution in [1.29, 1.82) is 0 Å². The number of pyridine rings is 1. The quantitative estimate of drug-likeness (QED) is 0.913. The van der Waals surface area contributed by atoms with Crippen LogP contribution in [0.5, 0.6) is 0 Å². The van der Waals surface area contributed by atoms with Gasteiger partial charge in [0.25, 0.3) is 0 Å². The van der Waals surface area contributed by atoms with Crippen molar-refractivity contribution in [2.75, 3.05) is 5.75 Å². The Morgan fingerprint density at radius 2 is 2.06 bits per heavy atom. The summed E-state index contributed by atoms with van der Waals surface area (Å²) in [6.45, 7) is 0.834. The molecule has 92 valence electrons. The molecule has 1 aromatic carbocycles. The lowest BCUT2D eigenvalue weighted by Crippen LogP contribution is -2.26. The minimum atomic E-state index is 0.446. The standard InChI is InChI=1S/C15H16N2S/c1-2-7-14-12(5-1)10-18-11-15(14)17-9-13-6-3-4-8-16-13/h1-8,15,17H,9-11H2. The van der Waals surface area contributed by atoms with Gasteiger partial charge in [-0.25, -0.2) is 0 Å². The van der Waals surface area contributed by atoms with E-state index in [4.69, 9.17) is 0 Å². The first-order chi connectivity index (χ1) is 8.93. The number of fused-ring (bicyclic) bond motifs is 1. The molecule has 1 N–H and O–H groups in total. The topological polar surface area (TPSA) is 24.9 Å². The molecule has 1 aliphatic heterocycles. The molecular weight excluding hydrogens is 240 g/mol. The minimum absolute atomic E-state index is 0.446. The summed E-state index contributed by atoms with van der Waals surface area (Å²) in [6, 6.07) is 15.2. The molecule has 18 heavy (non-hydrogen) atoms. The van der Waals surface area contributed by atoms with E-state index in [2.05, 4.69) is 40.6 Å². The van der Waals surface area contributed by atoms with Gasteiger partial charge in [0.05, 0.1) is 5.69 Å². The van der Waals surface area contributed by atoms with E-state index in [0.29, 0.717) is 6.04 Å². The fourth-order valence-electron chi connectivity index (χ4n) is 2.28. The molecule has 3 rings (SSSR count). The van der Waals surface area contributed by atoms with Gasteiger partial charge in [-0.05, 0) is 23.3 Å². The summed E-state index contributed by atoms with van der Waals surface area (Å²) in [6.07, 6.45) is 1.85. The van der Waals surface area contributed by atoms with Gasteiger partial charge in [-0.3, -0.25) is 4.98 Å². The number of hydrogen-bond acceptors (Lipinski definition) is 3. The van der Waals surface area contributed by atoms with Gasteiger partial charge in [0.1, 0.15) is 0 Å². The molecule has 3 heteroatoms.